The first kappa shape index (κ1) is 23.0. The third-order valence-corrected chi connectivity index (χ3v) is 3.69. The highest BCUT2D eigenvalue weighted by atomic mass is 19.2. The van der Waals surface area contributed by atoms with E-state index in [0.29, 0.717) is 0 Å². The molecule has 0 bridgehead atoms. The van der Waals surface area contributed by atoms with Gasteiger partial charge in [-0.05, 0) is 0 Å². The molecule has 0 saturated heterocycles. The summed E-state index contributed by atoms with van der Waals surface area (Å²) in [4.78, 5) is 35.1. The van der Waals surface area contributed by atoms with E-state index in [1.165, 1.54) is 0 Å². The molecular weight excluding hydrogens is 442 g/mol. The molecule has 0 heterocycles. The van der Waals surface area contributed by atoms with Crippen molar-refractivity contribution in [3.05, 3.63) is 69.3 Å². The first-order valence-electron chi connectivity index (χ1n) is 7.42. The van der Waals surface area contributed by atoms with Gasteiger partial charge in [-0.3, -0.25) is 14.4 Å². The van der Waals surface area contributed by atoms with E-state index in [4.69, 9.17) is 0 Å². The minimum absolute atomic E-state index is 1.67. The normalized spacial score (nSPS) is 11.0. The molecule has 0 fully saturated rings. The van der Waals surface area contributed by atoms with Crippen LogP contribution in [0.1, 0.15) is 33.6 Å². The Morgan fingerprint density at radius 2 is 0.600 bits per heavy atom. The molecule has 0 radical (unpaired) electrons. The Morgan fingerprint density at radius 1 is 0.400 bits per heavy atom. The molecule has 2 rings (SSSR count). The molecule has 0 aromatic heterocycles. The van der Waals surface area contributed by atoms with Gasteiger partial charge in [-0.25, -0.2) is 43.9 Å². The lowest BCUT2D eigenvalue weighted by atomic mass is 9.98. The van der Waals surface area contributed by atoms with Crippen molar-refractivity contribution in [2.75, 3.05) is 0 Å². The first-order chi connectivity index (χ1) is 13.8. The second-order valence-corrected chi connectivity index (χ2v) is 5.63. The summed E-state index contributed by atoms with van der Waals surface area (Å²) in [6, 6.07) is 0. The molecular formula is C17H4F10O3. The molecule has 2 aromatic rings. The molecule has 0 aliphatic heterocycles. The summed E-state index contributed by atoms with van der Waals surface area (Å²) in [6.07, 6.45) is -3.36. The van der Waals surface area contributed by atoms with Gasteiger partial charge in [0.25, 0.3) is 0 Å². The molecule has 160 valence electrons. The van der Waals surface area contributed by atoms with Crippen LogP contribution in [0.25, 0.3) is 0 Å². The smallest absolute Gasteiger partial charge is 0.200 e. The van der Waals surface area contributed by atoms with Gasteiger partial charge >= 0.3 is 0 Å². The molecule has 3 nitrogen and oxygen atoms in total. The van der Waals surface area contributed by atoms with Gasteiger partial charge in [0.1, 0.15) is 5.78 Å². The van der Waals surface area contributed by atoms with E-state index in [9.17, 15) is 58.3 Å². The van der Waals surface area contributed by atoms with Gasteiger partial charge in [0, 0.05) is 0 Å². The molecule has 2 aromatic carbocycles. The minimum atomic E-state index is -2.59. The van der Waals surface area contributed by atoms with E-state index in [-0.39, 0.29) is 0 Å². The van der Waals surface area contributed by atoms with E-state index in [1.54, 1.807) is 0 Å². The number of carbonyl (C=O) groups excluding carboxylic acids is 3. The third kappa shape index (κ3) is 3.78. The van der Waals surface area contributed by atoms with Crippen LogP contribution in [0.4, 0.5) is 43.9 Å². The van der Waals surface area contributed by atoms with Gasteiger partial charge in [0.15, 0.2) is 58.1 Å². The lowest BCUT2D eigenvalue weighted by Gasteiger charge is -2.08. The monoisotopic (exact) mass is 446 g/mol. The minimum Gasteiger partial charge on any atom is -0.299 e. The lowest BCUT2D eigenvalue weighted by molar-refractivity contribution is -0.117. The third-order valence-electron chi connectivity index (χ3n) is 3.69. The molecule has 0 saturated carbocycles. The largest absolute Gasteiger partial charge is 0.299 e. The fourth-order valence-electron chi connectivity index (χ4n) is 2.30. The quantitative estimate of drug-likeness (QED) is 0.216. The maximum Gasteiger partial charge on any atom is 0.200 e. The molecule has 0 atom stereocenters. The van der Waals surface area contributed by atoms with E-state index >= 15 is 0 Å². The van der Waals surface area contributed by atoms with Crippen molar-refractivity contribution in [1.29, 1.82) is 0 Å². The summed E-state index contributed by atoms with van der Waals surface area (Å²) < 4.78 is 132. The van der Waals surface area contributed by atoms with Crippen molar-refractivity contribution in [2.45, 2.75) is 12.8 Å². The molecule has 13 heteroatoms. The molecule has 0 aliphatic carbocycles. The molecule has 0 spiro atoms. The zero-order chi connectivity index (χ0) is 23.1. The number of ketones is 3. The summed E-state index contributed by atoms with van der Waals surface area (Å²) in [5.74, 6) is -31.1. The summed E-state index contributed by atoms with van der Waals surface area (Å²) in [5, 5.41) is 0. The van der Waals surface area contributed by atoms with Gasteiger partial charge in [0.05, 0.1) is 24.0 Å². The van der Waals surface area contributed by atoms with E-state index in [0.717, 1.165) is 0 Å². The topological polar surface area (TPSA) is 51.2 Å². The second-order valence-electron chi connectivity index (χ2n) is 5.63. The molecule has 0 N–H and O–H groups in total. The summed E-state index contributed by atoms with van der Waals surface area (Å²) in [6.45, 7) is 0. The van der Waals surface area contributed by atoms with E-state index < -0.39 is 99.5 Å². The maximum absolute atomic E-state index is 13.5. The van der Waals surface area contributed by atoms with Crippen LogP contribution in [0.15, 0.2) is 0 Å². The lowest BCUT2D eigenvalue weighted by Crippen LogP contribution is -2.19. The van der Waals surface area contributed by atoms with Gasteiger partial charge < -0.3 is 0 Å². The van der Waals surface area contributed by atoms with Crippen molar-refractivity contribution < 1.29 is 58.3 Å². The average molecular weight is 446 g/mol. The number of hydrogen-bond acceptors (Lipinski definition) is 3. The van der Waals surface area contributed by atoms with Crippen LogP contribution in [0.3, 0.4) is 0 Å². The van der Waals surface area contributed by atoms with Gasteiger partial charge in [-0.2, -0.15) is 0 Å². The molecule has 0 unspecified atom stereocenters. The number of benzene rings is 2. The van der Waals surface area contributed by atoms with Crippen molar-refractivity contribution in [3.8, 4) is 0 Å². The van der Waals surface area contributed by atoms with Gasteiger partial charge in [-0.15, -0.1) is 0 Å². The highest BCUT2D eigenvalue weighted by Gasteiger charge is 2.33. The maximum atomic E-state index is 13.5. The van der Waals surface area contributed by atoms with Crippen molar-refractivity contribution in [3.63, 3.8) is 0 Å². The van der Waals surface area contributed by atoms with Crippen LogP contribution < -0.4 is 0 Å². The van der Waals surface area contributed by atoms with Crippen LogP contribution in [-0.2, 0) is 4.79 Å². The summed E-state index contributed by atoms with van der Waals surface area (Å²) in [5.41, 5.74) is -4.02. The average Bonchev–Trinajstić information content (AvgIpc) is 2.67. The van der Waals surface area contributed by atoms with Crippen molar-refractivity contribution in [1.82, 2.24) is 0 Å². The summed E-state index contributed by atoms with van der Waals surface area (Å²) in [7, 11) is 0. The van der Waals surface area contributed by atoms with Crippen molar-refractivity contribution in [2.24, 2.45) is 0 Å². The predicted molar refractivity (Wildman–Crippen MR) is 75.4 cm³/mol. The molecule has 30 heavy (non-hydrogen) atoms. The highest BCUT2D eigenvalue weighted by Crippen LogP contribution is 2.26. The van der Waals surface area contributed by atoms with Crippen LogP contribution in [0, 0.1) is 58.2 Å². The fourth-order valence-corrected chi connectivity index (χ4v) is 2.30. The van der Waals surface area contributed by atoms with Crippen LogP contribution in [0.2, 0.25) is 0 Å². The number of carbonyl (C=O) groups is 3. The first-order valence-corrected chi connectivity index (χ1v) is 7.42. The predicted octanol–water partition coefficient (Wildman–Crippen LogP) is 4.49. The zero-order valence-corrected chi connectivity index (χ0v) is 13.9. The Balaban J connectivity index is 2.30. The van der Waals surface area contributed by atoms with Crippen molar-refractivity contribution >= 4 is 17.3 Å². The highest BCUT2D eigenvalue weighted by molar-refractivity contribution is 6.15. The number of Topliss-reactive ketones (excluding diaryl/α,β-unsaturated/α-hetero) is 3. The van der Waals surface area contributed by atoms with E-state index in [1.807, 2.05) is 0 Å². The Kier molecular flexibility index (Phi) is 6.33. The van der Waals surface area contributed by atoms with Gasteiger partial charge in [0.2, 0.25) is 11.6 Å². The number of halogens is 10. The Bertz CT molecular complexity index is 966. The fraction of sp³-hybridized carbons (Fsp3) is 0.118. The van der Waals surface area contributed by atoms with Crippen LogP contribution >= 0.6 is 0 Å². The number of rotatable bonds is 6. The standard InChI is InChI=1S/C17H4F10O3/c18-8-6(9(19)13(23)16(26)12(8)22)4(29)1-3(28)2-5(30)7-10(20)14(24)17(27)15(25)11(7)21/h1-2H2. The van der Waals surface area contributed by atoms with Gasteiger partial charge in [-0.1, -0.05) is 0 Å². The van der Waals surface area contributed by atoms with Crippen LogP contribution in [-0.4, -0.2) is 17.3 Å². The Hall–Kier alpha value is -3.25. The Labute approximate surface area is 158 Å². The molecule has 0 aliphatic rings. The van der Waals surface area contributed by atoms with Crippen LogP contribution in [0.5, 0.6) is 0 Å². The zero-order valence-electron chi connectivity index (χ0n) is 13.9. The summed E-state index contributed by atoms with van der Waals surface area (Å²) >= 11 is 0. The number of hydrogen-bond donors (Lipinski definition) is 0. The molecule has 0 amide bonds. The SMILES string of the molecule is O=C(CC(=O)c1c(F)c(F)c(F)c(F)c1F)CC(=O)c1c(F)c(F)c(F)c(F)c1F. The Morgan fingerprint density at radius 3 is 0.833 bits per heavy atom. The second kappa shape index (κ2) is 8.24. The van der Waals surface area contributed by atoms with E-state index in [2.05, 4.69) is 0 Å².